The summed E-state index contributed by atoms with van der Waals surface area (Å²) in [5, 5.41) is 28.3. The Hall–Kier alpha value is -4.57. The molecule has 0 aliphatic rings. The van der Waals surface area contributed by atoms with Gasteiger partial charge in [-0.15, -0.1) is 11.3 Å². The van der Waals surface area contributed by atoms with Gasteiger partial charge in [0.1, 0.15) is 11.0 Å². The summed E-state index contributed by atoms with van der Waals surface area (Å²) in [5.74, 6) is -0.493. The fourth-order valence-electron chi connectivity index (χ4n) is 3.86. The van der Waals surface area contributed by atoms with E-state index in [-0.39, 0.29) is 12.1 Å². The highest BCUT2D eigenvalue weighted by molar-refractivity contribution is 7.13. The second kappa shape index (κ2) is 11.9. The standard InChI is InChI=1S/C27H24N4O5S/c32-25(23(30-27(33)34)16-18-7-3-1-4-8-18)28-22(15-19-11-13-21(14-12-19)31(35)36)24-17-37-26(29-24)20-9-5-2-6-10-20/h1-14,17,22-23,30H,15-16H2,(H,28,32)(H,33,34)/t22-,23-/m0/s1. The minimum absolute atomic E-state index is 0.0297. The molecule has 0 saturated heterocycles. The van der Waals surface area contributed by atoms with Crippen LogP contribution in [-0.4, -0.2) is 33.1 Å². The lowest BCUT2D eigenvalue weighted by atomic mass is 10.0. The molecule has 4 rings (SSSR count). The van der Waals surface area contributed by atoms with E-state index in [2.05, 4.69) is 10.6 Å². The molecule has 2 atom stereocenters. The molecular weight excluding hydrogens is 492 g/mol. The number of rotatable bonds is 10. The van der Waals surface area contributed by atoms with Gasteiger partial charge in [0.05, 0.1) is 16.7 Å². The number of carbonyl (C=O) groups is 2. The summed E-state index contributed by atoms with van der Waals surface area (Å²) >= 11 is 1.44. The minimum atomic E-state index is -1.30. The maximum atomic E-state index is 13.3. The molecule has 0 radical (unpaired) electrons. The summed E-state index contributed by atoms with van der Waals surface area (Å²) in [6.45, 7) is 0. The molecule has 0 fully saturated rings. The average molecular weight is 517 g/mol. The summed E-state index contributed by atoms with van der Waals surface area (Å²) in [4.78, 5) is 40.1. The van der Waals surface area contributed by atoms with Crippen LogP contribution >= 0.6 is 11.3 Å². The fraction of sp³-hybridized carbons (Fsp3) is 0.148. The molecule has 0 aliphatic heterocycles. The predicted octanol–water partition coefficient (Wildman–Crippen LogP) is 5.00. The molecule has 0 saturated carbocycles. The number of amides is 2. The third-order valence-electron chi connectivity index (χ3n) is 5.70. The zero-order valence-corrected chi connectivity index (χ0v) is 20.4. The van der Waals surface area contributed by atoms with E-state index in [1.54, 1.807) is 12.1 Å². The predicted molar refractivity (Wildman–Crippen MR) is 140 cm³/mol. The quantitative estimate of drug-likeness (QED) is 0.201. The summed E-state index contributed by atoms with van der Waals surface area (Å²) in [7, 11) is 0. The van der Waals surface area contributed by atoms with Crippen molar-refractivity contribution in [3.63, 3.8) is 0 Å². The van der Waals surface area contributed by atoms with Gasteiger partial charge in [-0.3, -0.25) is 14.9 Å². The Balaban J connectivity index is 1.60. The fourth-order valence-corrected chi connectivity index (χ4v) is 4.74. The van der Waals surface area contributed by atoms with Crippen molar-refractivity contribution >= 4 is 29.0 Å². The molecule has 9 nitrogen and oxygen atoms in total. The number of hydrogen-bond donors (Lipinski definition) is 3. The lowest BCUT2D eigenvalue weighted by Crippen LogP contribution is -2.48. The molecule has 3 aromatic carbocycles. The maximum Gasteiger partial charge on any atom is 0.405 e. The van der Waals surface area contributed by atoms with Gasteiger partial charge in [0.2, 0.25) is 5.91 Å². The molecule has 10 heteroatoms. The van der Waals surface area contributed by atoms with E-state index in [1.807, 2.05) is 66.0 Å². The van der Waals surface area contributed by atoms with Crippen molar-refractivity contribution in [1.29, 1.82) is 0 Å². The first kappa shape index (κ1) is 25.5. The van der Waals surface area contributed by atoms with Gasteiger partial charge in [-0.25, -0.2) is 9.78 Å². The first-order valence-electron chi connectivity index (χ1n) is 11.5. The van der Waals surface area contributed by atoms with E-state index in [1.165, 1.54) is 23.5 Å². The number of nitrogens with zero attached hydrogens (tertiary/aromatic N) is 2. The van der Waals surface area contributed by atoms with E-state index in [4.69, 9.17) is 4.98 Å². The van der Waals surface area contributed by atoms with Gasteiger partial charge in [-0.2, -0.15) is 0 Å². The van der Waals surface area contributed by atoms with Crippen LogP contribution in [-0.2, 0) is 17.6 Å². The number of thiazole rings is 1. The van der Waals surface area contributed by atoms with Crippen molar-refractivity contribution in [3.05, 3.63) is 117 Å². The molecule has 4 aromatic rings. The highest BCUT2D eigenvalue weighted by atomic mass is 32.1. The Kier molecular flexibility index (Phi) is 8.22. The molecule has 1 heterocycles. The van der Waals surface area contributed by atoms with Gasteiger partial charge in [-0.1, -0.05) is 72.8 Å². The van der Waals surface area contributed by atoms with Crippen LogP contribution < -0.4 is 10.6 Å². The van der Waals surface area contributed by atoms with Crippen molar-refractivity contribution in [2.24, 2.45) is 0 Å². The molecule has 3 N–H and O–H groups in total. The Labute approximate surface area is 217 Å². The highest BCUT2D eigenvalue weighted by Gasteiger charge is 2.26. The van der Waals surface area contributed by atoms with Crippen molar-refractivity contribution < 1.29 is 19.6 Å². The summed E-state index contributed by atoms with van der Waals surface area (Å²) in [6.07, 6.45) is -0.814. The highest BCUT2D eigenvalue weighted by Crippen LogP contribution is 2.28. The average Bonchev–Trinajstić information content (AvgIpc) is 3.39. The van der Waals surface area contributed by atoms with Crippen LogP contribution in [0.3, 0.4) is 0 Å². The van der Waals surface area contributed by atoms with Crippen LogP contribution in [0.2, 0.25) is 0 Å². The third kappa shape index (κ3) is 6.98. The zero-order valence-electron chi connectivity index (χ0n) is 19.6. The van der Waals surface area contributed by atoms with Crippen molar-refractivity contribution in [2.45, 2.75) is 24.9 Å². The molecule has 0 spiro atoms. The van der Waals surface area contributed by atoms with Crippen LogP contribution in [0, 0.1) is 10.1 Å². The van der Waals surface area contributed by atoms with Gasteiger partial charge in [0.15, 0.2) is 0 Å². The number of aromatic nitrogens is 1. The number of carboxylic acid groups (broad SMARTS) is 1. The number of nitrogens with one attached hydrogen (secondary N) is 2. The summed E-state index contributed by atoms with van der Waals surface area (Å²) in [6, 6.07) is 23.3. The maximum absolute atomic E-state index is 13.3. The van der Waals surface area contributed by atoms with E-state index in [9.17, 15) is 24.8 Å². The zero-order chi connectivity index (χ0) is 26.2. The van der Waals surface area contributed by atoms with Crippen LogP contribution in [0.25, 0.3) is 10.6 Å². The molecule has 188 valence electrons. The Morgan fingerprint density at radius 1 is 0.892 bits per heavy atom. The first-order valence-corrected chi connectivity index (χ1v) is 12.3. The minimum Gasteiger partial charge on any atom is -0.465 e. The molecule has 1 aromatic heterocycles. The molecule has 0 bridgehead atoms. The summed E-state index contributed by atoms with van der Waals surface area (Å²) in [5.41, 5.74) is 3.09. The second-order valence-corrected chi connectivity index (χ2v) is 9.18. The van der Waals surface area contributed by atoms with Crippen LogP contribution in [0.4, 0.5) is 10.5 Å². The monoisotopic (exact) mass is 516 g/mol. The van der Waals surface area contributed by atoms with Crippen molar-refractivity contribution in [3.8, 4) is 10.6 Å². The lowest BCUT2D eigenvalue weighted by Gasteiger charge is -2.22. The van der Waals surface area contributed by atoms with Gasteiger partial charge in [-0.05, 0) is 17.5 Å². The van der Waals surface area contributed by atoms with Crippen LogP contribution in [0.1, 0.15) is 22.9 Å². The van der Waals surface area contributed by atoms with Crippen LogP contribution in [0.15, 0.2) is 90.3 Å². The van der Waals surface area contributed by atoms with E-state index >= 15 is 0 Å². The lowest BCUT2D eigenvalue weighted by molar-refractivity contribution is -0.384. The smallest absolute Gasteiger partial charge is 0.405 e. The second-order valence-electron chi connectivity index (χ2n) is 8.32. The SMILES string of the molecule is O=C(O)N[C@@H](Cc1ccccc1)C(=O)N[C@@H](Cc1ccc([N+](=O)[O-])cc1)c1csc(-c2ccccc2)n1. The Morgan fingerprint density at radius 3 is 2.14 bits per heavy atom. The molecule has 0 unspecified atom stereocenters. The third-order valence-corrected chi connectivity index (χ3v) is 6.61. The number of nitro benzene ring substituents is 1. The number of carbonyl (C=O) groups excluding carboxylic acids is 1. The van der Waals surface area contributed by atoms with Gasteiger partial charge in [0.25, 0.3) is 5.69 Å². The number of non-ortho nitro benzene ring substituents is 1. The number of benzene rings is 3. The van der Waals surface area contributed by atoms with Gasteiger partial charge >= 0.3 is 6.09 Å². The topological polar surface area (TPSA) is 134 Å². The van der Waals surface area contributed by atoms with E-state index < -0.39 is 29.0 Å². The Morgan fingerprint density at radius 2 is 1.51 bits per heavy atom. The molecule has 0 aliphatic carbocycles. The molecule has 37 heavy (non-hydrogen) atoms. The molecule has 2 amide bonds. The Bertz CT molecular complexity index is 1360. The van der Waals surface area contributed by atoms with E-state index in [0.29, 0.717) is 12.1 Å². The van der Waals surface area contributed by atoms with Gasteiger partial charge < -0.3 is 15.7 Å². The largest absolute Gasteiger partial charge is 0.465 e. The van der Waals surface area contributed by atoms with Gasteiger partial charge in [0, 0.05) is 29.5 Å². The van der Waals surface area contributed by atoms with Crippen LogP contribution in [0.5, 0.6) is 0 Å². The first-order chi connectivity index (χ1) is 17.9. The van der Waals surface area contributed by atoms with Crippen molar-refractivity contribution in [1.82, 2.24) is 15.6 Å². The summed E-state index contributed by atoms with van der Waals surface area (Å²) < 4.78 is 0. The number of nitro groups is 1. The van der Waals surface area contributed by atoms with E-state index in [0.717, 1.165) is 21.7 Å². The normalized spacial score (nSPS) is 12.3. The molecular formula is C27H24N4O5S. The number of hydrogen-bond acceptors (Lipinski definition) is 6. The van der Waals surface area contributed by atoms with Crippen molar-refractivity contribution in [2.75, 3.05) is 0 Å².